The molecule has 2 heterocycles. The molecule has 0 saturated heterocycles. The Balaban J connectivity index is 0.974. The number of furan rings is 1. The van der Waals surface area contributed by atoms with Gasteiger partial charge in [-0.15, -0.1) is 0 Å². The zero-order valence-corrected chi connectivity index (χ0v) is 34.2. The zero-order chi connectivity index (χ0) is 41.4. The van der Waals surface area contributed by atoms with Crippen LogP contribution >= 0.6 is 0 Å². The van der Waals surface area contributed by atoms with Crippen LogP contribution in [-0.2, 0) is 0 Å². The molecule has 0 aliphatic heterocycles. The van der Waals surface area contributed by atoms with Crippen LogP contribution < -0.4 is 4.90 Å². The van der Waals surface area contributed by atoms with E-state index in [0.29, 0.717) is 0 Å². The van der Waals surface area contributed by atoms with Crippen molar-refractivity contribution in [1.29, 1.82) is 0 Å². The Bertz CT molecular complexity index is 3890. The number of nitrogens with zero attached hydrogens (tertiary/aromatic N) is 2. The van der Waals surface area contributed by atoms with Crippen LogP contribution in [0.3, 0.4) is 0 Å². The van der Waals surface area contributed by atoms with Gasteiger partial charge in [0.25, 0.3) is 0 Å². The first-order valence-electron chi connectivity index (χ1n) is 21.6. The highest BCUT2D eigenvalue weighted by Crippen LogP contribution is 2.46. The highest BCUT2D eigenvalue weighted by Gasteiger charge is 2.21. The van der Waals surface area contributed by atoms with E-state index in [1.165, 1.54) is 60.0 Å². The number of benzene rings is 11. The van der Waals surface area contributed by atoms with E-state index in [4.69, 9.17) is 4.42 Å². The van der Waals surface area contributed by atoms with Crippen molar-refractivity contribution in [2.24, 2.45) is 0 Å². The van der Waals surface area contributed by atoms with Gasteiger partial charge in [-0.1, -0.05) is 170 Å². The molecule has 0 unspecified atom stereocenters. The Morgan fingerprint density at radius 2 is 0.937 bits per heavy atom. The summed E-state index contributed by atoms with van der Waals surface area (Å²) in [5, 5.41) is 11.9. The second-order valence-electron chi connectivity index (χ2n) is 16.5. The monoisotopic (exact) mass is 802 g/mol. The molecule has 0 radical (unpaired) electrons. The third-order valence-corrected chi connectivity index (χ3v) is 13.0. The maximum Gasteiger partial charge on any atom is 0.143 e. The summed E-state index contributed by atoms with van der Waals surface area (Å²) in [6, 6.07) is 83.4. The van der Waals surface area contributed by atoms with Gasteiger partial charge >= 0.3 is 0 Å². The van der Waals surface area contributed by atoms with E-state index >= 15 is 0 Å². The lowest BCUT2D eigenvalue weighted by molar-refractivity contribution is 0.672. The third kappa shape index (κ3) is 5.60. The summed E-state index contributed by atoms with van der Waals surface area (Å²) in [4.78, 5) is 2.38. The topological polar surface area (TPSA) is 21.3 Å². The molecular weight excluding hydrogens is 765 g/mol. The Morgan fingerprint density at radius 1 is 0.365 bits per heavy atom. The standard InChI is InChI=1S/C60H38N2O/c1-2-16-45(17-3-1)62-56-38-44(30-35-52(56)53-36-28-41-13-5-8-19-50(41)59(53)62)39-24-31-46(32-25-39)61(47-33-26-43(27-34-47)49-21-10-15-40-12-4-7-18-48(40)49)55-22-11-23-57-58(55)54-37-29-42-14-6-9-20-51(42)60(54)63-57/h1-38H. The minimum Gasteiger partial charge on any atom is -0.455 e. The third-order valence-electron chi connectivity index (χ3n) is 13.0. The molecule has 63 heavy (non-hydrogen) atoms. The maximum absolute atomic E-state index is 6.72. The lowest BCUT2D eigenvalue weighted by Crippen LogP contribution is -2.10. The Labute approximate surface area is 363 Å². The highest BCUT2D eigenvalue weighted by molar-refractivity contribution is 6.20. The number of hydrogen-bond donors (Lipinski definition) is 0. The molecule has 11 aromatic carbocycles. The molecule has 13 rings (SSSR count). The predicted molar refractivity (Wildman–Crippen MR) is 266 cm³/mol. The average molecular weight is 803 g/mol. The molecular formula is C60H38N2O. The largest absolute Gasteiger partial charge is 0.455 e. The molecule has 0 spiro atoms. The molecule has 3 heteroatoms. The second-order valence-corrected chi connectivity index (χ2v) is 16.5. The van der Waals surface area contributed by atoms with Crippen molar-refractivity contribution >= 4 is 93.1 Å². The fourth-order valence-electron chi connectivity index (χ4n) is 10.0. The van der Waals surface area contributed by atoms with Crippen molar-refractivity contribution in [3.05, 3.63) is 231 Å². The van der Waals surface area contributed by atoms with Gasteiger partial charge in [-0.2, -0.15) is 0 Å². The van der Waals surface area contributed by atoms with Gasteiger partial charge in [0, 0.05) is 44.0 Å². The second kappa shape index (κ2) is 14.1. The summed E-state index contributed by atoms with van der Waals surface area (Å²) in [7, 11) is 0. The van der Waals surface area contributed by atoms with E-state index in [1.54, 1.807) is 0 Å². The molecule has 3 nitrogen and oxygen atoms in total. The van der Waals surface area contributed by atoms with Crippen LogP contribution in [0.4, 0.5) is 17.1 Å². The maximum atomic E-state index is 6.72. The first-order chi connectivity index (χ1) is 31.2. The Hall–Kier alpha value is -8.40. The van der Waals surface area contributed by atoms with Crippen LogP contribution in [0.5, 0.6) is 0 Å². The number of anilines is 3. The molecule has 294 valence electrons. The van der Waals surface area contributed by atoms with E-state index in [9.17, 15) is 0 Å². The van der Waals surface area contributed by atoms with E-state index in [1.807, 2.05) is 0 Å². The summed E-state index contributed by atoms with van der Waals surface area (Å²) in [5.74, 6) is 0. The number of hydrogen-bond acceptors (Lipinski definition) is 2. The van der Waals surface area contributed by atoms with E-state index in [2.05, 4.69) is 240 Å². The van der Waals surface area contributed by atoms with Crippen molar-refractivity contribution < 1.29 is 4.42 Å². The molecule has 0 aliphatic rings. The number of para-hydroxylation sites is 1. The first kappa shape index (κ1) is 35.4. The zero-order valence-electron chi connectivity index (χ0n) is 34.2. The summed E-state index contributed by atoms with van der Waals surface area (Å²) in [6.45, 7) is 0. The van der Waals surface area contributed by atoms with E-state index in [0.717, 1.165) is 61.0 Å². The predicted octanol–water partition coefficient (Wildman–Crippen LogP) is 16.9. The summed E-state index contributed by atoms with van der Waals surface area (Å²) >= 11 is 0. The molecule has 0 N–H and O–H groups in total. The van der Waals surface area contributed by atoms with Gasteiger partial charge in [-0.25, -0.2) is 0 Å². The highest BCUT2D eigenvalue weighted by atomic mass is 16.3. The molecule has 0 aliphatic carbocycles. The van der Waals surface area contributed by atoms with Gasteiger partial charge in [0.05, 0.1) is 22.1 Å². The van der Waals surface area contributed by atoms with Crippen LogP contribution in [0.15, 0.2) is 235 Å². The van der Waals surface area contributed by atoms with Crippen LogP contribution in [0.1, 0.15) is 0 Å². The molecule has 0 amide bonds. The molecule has 2 aromatic heterocycles. The fourth-order valence-corrected chi connectivity index (χ4v) is 10.0. The number of aromatic nitrogens is 1. The minimum absolute atomic E-state index is 0.864. The quantitative estimate of drug-likeness (QED) is 0.167. The van der Waals surface area contributed by atoms with Gasteiger partial charge in [-0.3, -0.25) is 0 Å². The summed E-state index contributed by atoms with van der Waals surface area (Å²) in [5.41, 5.74) is 13.3. The van der Waals surface area contributed by atoms with Crippen molar-refractivity contribution in [3.8, 4) is 27.9 Å². The van der Waals surface area contributed by atoms with Gasteiger partial charge in [-0.05, 0) is 104 Å². The Kier molecular flexibility index (Phi) is 7.91. The summed E-state index contributed by atoms with van der Waals surface area (Å²) < 4.78 is 9.15. The van der Waals surface area contributed by atoms with Crippen molar-refractivity contribution in [1.82, 2.24) is 4.57 Å². The lowest BCUT2D eigenvalue weighted by Gasteiger charge is -2.26. The van der Waals surface area contributed by atoms with Crippen LogP contribution in [0, 0.1) is 0 Å². The normalized spacial score (nSPS) is 11.8. The van der Waals surface area contributed by atoms with E-state index < -0.39 is 0 Å². The van der Waals surface area contributed by atoms with Gasteiger partial charge in [0.1, 0.15) is 11.2 Å². The summed E-state index contributed by atoms with van der Waals surface area (Å²) in [6.07, 6.45) is 0. The number of rotatable bonds is 6. The average Bonchev–Trinajstić information content (AvgIpc) is 3.91. The van der Waals surface area contributed by atoms with Gasteiger partial charge < -0.3 is 13.9 Å². The molecule has 0 bridgehead atoms. The van der Waals surface area contributed by atoms with E-state index in [-0.39, 0.29) is 0 Å². The van der Waals surface area contributed by atoms with Crippen molar-refractivity contribution in [2.45, 2.75) is 0 Å². The van der Waals surface area contributed by atoms with Gasteiger partial charge in [0.2, 0.25) is 0 Å². The SMILES string of the molecule is c1ccc(-n2c3cc(-c4ccc(N(c5ccc(-c6cccc7ccccc67)cc5)c5cccc6oc7c8ccccc8ccc7c56)cc4)ccc3c3ccc4ccccc4c32)cc1. The van der Waals surface area contributed by atoms with Crippen LogP contribution in [0.25, 0.3) is 104 Å². The van der Waals surface area contributed by atoms with Crippen molar-refractivity contribution in [3.63, 3.8) is 0 Å². The lowest BCUT2D eigenvalue weighted by atomic mass is 9.98. The van der Waals surface area contributed by atoms with Gasteiger partial charge in [0.15, 0.2) is 0 Å². The smallest absolute Gasteiger partial charge is 0.143 e. The van der Waals surface area contributed by atoms with Crippen molar-refractivity contribution in [2.75, 3.05) is 4.90 Å². The fraction of sp³-hybridized carbons (Fsp3) is 0. The minimum atomic E-state index is 0.864. The van der Waals surface area contributed by atoms with Crippen LogP contribution in [0.2, 0.25) is 0 Å². The molecule has 0 saturated carbocycles. The Morgan fingerprint density at radius 3 is 1.70 bits per heavy atom. The molecule has 0 fully saturated rings. The number of fused-ring (bicyclic) bond motifs is 11. The molecule has 0 atom stereocenters. The first-order valence-corrected chi connectivity index (χ1v) is 21.6. The van der Waals surface area contributed by atoms with Crippen LogP contribution in [-0.4, -0.2) is 4.57 Å². The molecule has 13 aromatic rings.